The lowest BCUT2D eigenvalue weighted by molar-refractivity contribution is 0.0601. The first kappa shape index (κ1) is 13.5. The highest BCUT2D eigenvalue weighted by molar-refractivity contribution is 7.11. The van der Waals surface area contributed by atoms with Crippen LogP contribution in [0.1, 0.15) is 20.1 Å². The molecule has 0 amide bonds. The van der Waals surface area contributed by atoms with Gasteiger partial charge in [0, 0.05) is 22.0 Å². The van der Waals surface area contributed by atoms with Crippen LogP contribution in [0.25, 0.3) is 0 Å². The Kier molecular flexibility index (Phi) is 4.16. The molecule has 1 aromatic carbocycles. The van der Waals surface area contributed by atoms with Crippen molar-refractivity contribution in [3.63, 3.8) is 0 Å². The lowest BCUT2D eigenvalue weighted by Crippen LogP contribution is -2.08. The number of rotatable bonds is 4. The quantitative estimate of drug-likeness (QED) is 0.869. The zero-order valence-electron chi connectivity index (χ0n) is 10.7. The van der Waals surface area contributed by atoms with E-state index in [0.717, 1.165) is 4.88 Å². The Hall–Kier alpha value is -1.88. The van der Waals surface area contributed by atoms with Gasteiger partial charge in [-0.25, -0.2) is 9.18 Å². The molecule has 0 aliphatic heterocycles. The van der Waals surface area contributed by atoms with Gasteiger partial charge in [0.1, 0.15) is 5.82 Å². The molecule has 1 N–H and O–H groups in total. The molecule has 1 heterocycles. The highest BCUT2D eigenvalue weighted by Gasteiger charge is 2.13. The van der Waals surface area contributed by atoms with Crippen molar-refractivity contribution in [2.24, 2.45) is 0 Å². The average Bonchev–Trinajstić information content (AvgIpc) is 2.82. The van der Waals surface area contributed by atoms with E-state index in [4.69, 9.17) is 0 Å². The predicted octanol–water partition coefficient (Wildman–Crippen LogP) is 3.59. The molecule has 0 radical (unpaired) electrons. The lowest BCUT2D eigenvalue weighted by Gasteiger charge is -2.10. The van der Waals surface area contributed by atoms with Crippen LogP contribution in [0.3, 0.4) is 0 Å². The minimum absolute atomic E-state index is 0.204. The van der Waals surface area contributed by atoms with Gasteiger partial charge in [0.25, 0.3) is 0 Å². The van der Waals surface area contributed by atoms with Gasteiger partial charge < -0.3 is 10.1 Å². The third-order valence-electron chi connectivity index (χ3n) is 2.64. The summed E-state index contributed by atoms with van der Waals surface area (Å²) in [6.07, 6.45) is 0. The van der Waals surface area contributed by atoms with E-state index in [0.29, 0.717) is 12.2 Å². The van der Waals surface area contributed by atoms with E-state index < -0.39 is 11.8 Å². The Morgan fingerprint density at radius 3 is 2.79 bits per heavy atom. The second-order valence-electron chi connectivity index (χ2n) is 4.05. The number of nitrogens with one attached hydrogen (secondary N) is 1. The second kappa shape index (κ2) is 5.84. The van der Waals surface area contributed by atoms with Gasteiger partial charge in [-0.2, -0.15) is 0 Å². The van der Waals surface area contributed by atoms with E-state index in [9.17, 15) is 9.18 Å². The van der Waals surface area contributed by atoms with Crippen LogP contribution in [-0.2, 0) is 11.3 Å². The van der Waals surface area contributed by atoms with Gasteiger partial charge in [-0.3, -0.25) is 0 Å². The lowest BCUT2D eigenvalue weighted by atomic mass is 10.1. The summed E-state index contributed by atoms with van der Waals surface area (Å²) in [5.41, 5.74) is 0.773. The smallest absolute Gasteiger partial charge is 0.340 e. The molecule has 0 spiro atoms. The molecule has 5 heteroatoms. The number of hydrogen-bond donors (Lipinski definition) is 1. The summed E-state index contributed by atoms with van der Waals surface area (Å²) in [7, 11) is 1.28. The Morgan fingerprint density at radius 2 is 2.16 bits per heavy atom. The monoisotopic (exact) mass is 279 g/mol. The van der Waals surface area contributed by atoms with Crippen molar-refractivity contribution in [1.29, 1.82) is 0 Å². The van der Waals surface area contributed by atoms with Crippen LogP contribution in [0.4, 0.5) is 10.1 Å². The minimum Gasteiger partial charge on any atom is -0.465 e. The summed E-state index contributed by atoms with van der Waals surface area (Å²) in [4.78, 5) is 14.0. The van der Waals surface area contributed by atoms with Crippen molar-refractivity contribution < 1.29 is 13.9 Å². The average molecular weight is 279 g/mol. The molecule has 2 aromatic rings. The van der Waals surface area contributed by atoms with Gasteiger partial charge in [0.05, 0.1) is 12.7 Å². The first-order chi connectivity index (χ1) is 9.10. The fourth-order valence-corrected chi connectivity index (χ4v) is 2.54. The van der Waals surface area contributed by atoms with Crippen LogP contribution in [0, 0.1) is 12.7 Å². The third kappa shape index (κ3) is 3.32. The largest absolute Gasteiger partial charge is 0.465 e. The van der Waals surface area contributed by atoms with Crippen LogP contribution < -0.4 is 5.32 Å². The van der Waals surface area contributed by atoms with Crippen molar-refractivity contribution in [3.05, 3.63) is 51.5 Å². The molecule has 0 saturated carbocycles. The molecule has 3 nitrogen and oxygen atoms in total. The number of ether oxygens (including phenoxy) is 1. The Bertz CT molecular complexity index is 595. The Morgan fingerprint density at radius 1 is 1.37 bits per heavy atom. The SMILES string of the molecule is COC(=O)c1cc(F)ccc1NCc1ccc(C)s1. The van der Waals surface area contributed by atoms with Gasteiger partial charge in [-0.05, 0) is 37.3 Å². The Labute approximate surface area is 115 Å². The number of methoxy groups -OCH3 is 1. The number of hydrogen-bond acceptors (Lipinski definition) is 4. The standard InChI is InChI=1S/C14H14FNO2S/c1-9-3-5-11(19-9)8-16-13-6-4-10(15)7-12(13)14(17)18-2/h3-7,16H,8H2,1-2H3. The maximum atomic E-state index is 13.2. The minimum atomic E-state index is -0.552. The maximum Gasteiger partial charge on any atom is 0.340 e. The number of carbonyl (C=O) groups is 1. The zero-order valence-corrected chi connectivity index (χ0v) is 11.5. The molecule has 1 aromatic heterocycles. The van der Waals surface area contributed by atoms with Crippen LogP contribution in [0.2, 0.25) is 0 Å². The molecule has 0 bridgehead atoms. The molecule has 0 aliphatic carbocycles. The predicted molar refractivity (Wildman–Crippen MR) is 74.1 cm³/mol. The van der Waals surface area contributed by atoms with Crippen LogP contribution in [0.15, 0.2) is 30.3 Å². The van der Waals surface area contributed by atoms with Crippen molar-refractivity contribution >= 4 is 23.0 Å². The van der Waals surface area contributed by atoms with E-state index in [1.807, 2.05) is 19.1 Å². The van der Waals surface area contributed by atoms with Crippen molar-refractivity contribution in [1.82, 2.24) is 0 Å². The topological polar surface area (TPSA) is 38.3 Å². The summed E-state index contributed by atoms with van der Waals surface area (Å²) in [5, 5.41) is 3.13. The summed E-state index contributed by atoms with van der Waals surface area (Å²) in [5.74, 6) is -1.01. The second-order valence-corrected chi connectivity index (χ2v) is 5.42. The van der Waals surface area contributed by atoms with Gasteiger partial charge in [0.2, 0.25) is 0 Å². The number of esters is 1. The van der Waals surface area contributed by atoms with E-state index in [1.54, 1.807) is 17.4 Å². The number of carbonyl (C=O) groups excluding carboxylic acids is 1. The number of aryl methyl sites for hydroxylation is 1. The van der Waals surface area contributed by atoms with Crippen molar-refractivity contribution in [3.8, 4) is 0 Å². The van der Waals surface area contributed by atoms with Gasteiger partial charge >= 0.3 is 5.97 Å². The summed E-state index contributed by atoms with van der Waals surface area (Å²) >= 11 is 1.68. The van der Waals surface area contributed by atoms with Gasteiger partial charge in [-0.1, -0.05) is 0 Å². The number of benzene rings is 1. The summed E-state index contributed by atoms with van der Waals surface area (Å²) in [6.45, 7) is 2.63. The normalized spacial score (nSPS) is 10.3. The zero-order chi connectivity index (χ0) is 13.8. The van der Waals surface area contributed by atoms with Crippen LogP contribution >= 0.6 is 11.3 Å². The molecule has 2 rings (SSSR count). The third-order valence-corrected chi connectivity index (χ3v) is 3.64. The maximum absolute atomic E-state index is 13.2. The van der Waals surface area contributed by atoms with E-state index in [-0.39, 0.29) is 5.56 Å². The van der Waals surface area contributed by atoms with Crippen molar-refractivity contribution in [2.75, 3.05) is 12.4 Å². The van der Waals surface area contributed by atoms with Crippen LogP contribution in [0.5, 0.6) is 0 Å². The summed E-state index contributed by atoms with van der Waals surface area (Å²) in [6, 6.07) is 8.09. The molecule has 0 saturated heterocycles. The highest BCUT2D eigenvalue weighted by atomic mass is 32.1. The molecular weight excluding hydrogens is 265 g/mol. The van der Waals surface area contributed by atoms with Gasteiger partial charge in [0.15, 0.2) is 0 Å². The summed E-state index contributed by atoms with van der Waals surface area (Å²) < 4.78 is 17.8. The molecular formula is C14H14FNO2S. The first-order valence-corrected chi connectivity index (χ1v) is 6.59. The number of halogens is 1. The molecule has 0 unspecified atom stereocenters. The van der Waals surface area contributed by atoms with E-state index in [1.165, 1.54) is 24.1 Å². The molecule has 100 valence electrons. The number of thiophene rings is 1. The Balaban J connectivity index is 2.17. The van der Waals surface area contributed by atoms with Gasteiger partial charge in [-0.15, -0.1) is 11.3 Å². The fourth-order valence-electron chi connectivity index (χ4n) is 1.71. The first-order valence-electron chi connectivity index (χ1n) is 5.77. The van der Waals surface area contributed by atoms with Crippen molar-refractivity contribution in [2.45, 2.75) is 13.5 Å². The molecule has 0 fully saturated rings. The highest BCUT2D eigenvalue weighted by Crippen LogP contribution is 2.21. The van der Waals surface area contributed by atoms with E-state index in [2.05, 4.69) is 10.1 Å². The van der Waals surface area contributed by atoms with Crippen LogP contribution in [-0.4, -0.2) is 13.1 Å². The fraction of sp³-hybridized carbons (Fsp3) is 0.214. The molecule has 19 heavy (non-hydrogen) atoms. The molecule has 0 atom stereocenters. The molecule has 0 aliphatic rings. The number of anilines is 1. The van der Waals surface area contributed by atoms with E-state index >= 15 is 0 Å².